The van der Waals surface area contributed by atoms with E-state index in [-0.39, 0.29) is 35.7 Å². The van der Waals surface area contributed by atoms with Gasteiger partial charge in [-0.25, -0.2) is 9.37 Å². The lowest BCUT2D eigenvalue weighted by atomic mass is 9.86. The van der Waals surface area contributed by atoms with Crippen molar-refractivity contribution in [3.8, 4) is 11.5 Å². The normalized spacial score (nSPS) is 18.1. The van der Waals surface area contributed by atoms with Gasteiger partial charge in [0, 0.05) is 29.7 Å². The summed E-state index contributed by atoms with van der Waals surface area (Å²) in [5, 5.41) is 9.49. The molecule has 5 rings (SSSR count). The fourth-order valence-corrected chi connectivity index (χ4v) is 5.53. The van der Waals surface area contributed by atoms with Gasteiger partial charge in [0.05, 0.1) is 10.9 Å². The van der Waals surface area contributed by atoms with Crippen LogP contribution in [0.15, 0.2) is 62.9 Å². The third-order valence-electron chi connectivity index (χ3n) is 6.28. The van der Waals surface area contributed by atoms with Gasteiger partial charge in [-0.15, -0.1) is 10.2 Å². The number of thioether (sulfide) groups is 1. The fraction of sp³-hybridized carbons (Fsp3) is 0.320. The molecular formula is C25H24FN5O3S. The number of nitrogens with zero attached hydrogens (tertiary/aromatic N) is 4. The van der Waals surface area contributed by atoms with Gasteiger partial charge in [0.1, 0.15) is 5.82 Å². The number of fused-ring (bicyclic) bond motifs is 1. The minimum absolute atomic E-state index is 0.0301. The quantitative estimate of drug-likeness (QED) is 0.298. The Balaban J connectivity index is 1.36. The molecule has 2 aromatic heterocycles. The molecule has 180 valence electrons. The molecule has 0 aliphatic heterocycles. The third-order valence-corrected chi connectivity index (χ3v) is 7.23. The van der Waals surface area contributed by atoms with E-state index < -0.39 is 0 Å². The molecule has 1 fully saturated rings. The zero-order chi connectivity index (χ0) is 24.4. The molecule has 0 unspecified atom stereocenters. The van der Waals surface area contributed by atoms with Gasteiger partial charge in [-0.2, -0.15) is 0 Å². The first-order valence-corrected chi connectivity index (χ1v) is 12.5. The Hall–Kier alpha value is -3.53. The number of carbonyl (C=O) groups is 1. The molecule has 2 aromatic carbocycles. The van der Waals surface area contributed by atoms with E-state index in [1.807, 2.05) is 18.2 Å². The third kappa shape index (κ3) is 4.97. The first-order valence-electron chi connectivity index (χ1n) is 11.5. The van der Waals surface area contributed by atoms with Gasteiger partial charge in [-0.3, -0.25) is 14.2 Å². The van der Waals surface area contributed by atoms with Crippen LogP contribution in [0.25, 0.3) is 22.4 Å². The number of aromatic nitrogens is 4. The van der Waals surface area contributed by atoms with E-state index in [9.17, 15) is 14.0 Å². The van der Waals surface area contributed by atoms with Crippen LogP contribution in [0, 0.1) is 5.82 Å². The van der Waals surface area contributed by atoms with E-state index in [2.05, 4.69) is 10.2 Å². The number of amides is 1. The summed E-state index contributed by atoms with van der Waals surface area (Å²) in [5.41, 5.74) is 6.40. The van der Waals surface area contributed by atoms with Crippen LogP contribution in [0.3, 0.4) is 0 Å². The number of benzene rings is 2. The number of carbonyl (C=O) groups excluding carboxylic acids is 1. The highest BCUT2D eigenvalue weighted by Gasteiger charge is 2.29. The Bertz CT molecular complexity index is 1430. The summed E-state index contributed by atoms with van der Waals surface area (Å²) in [5.74, 6) is 0.607. The number of halogens is 1. The number of hydrogen-bond donors (Lipinski definition) is 1. The number of para-hydroxylation sites is 1. The Morgan fingerprint density at radius 3 is 2.69 bits per heavy atom. The average molecular weight is 494 g/mol. The van der Waals surface area contributed by atoms with Crippen LogP contribution in [0.5, 0.6) is 0 Å². The molecule has 2 heterocycles. The van der Waals surface area contributed by atoms with E-state index in [4.69, 9.17) is 15.1 Å². The highest BCUT2D eigenvalue weighted by molar-refractivity contribution is 7.99. The lowest BCUT2D eigenvalue weighted by Gasteiger charge is -2.29. The summed E-state index contributed by atoms with van der Waals surface area (Å²) in [4.78, 5) is 29.4. The summed E-state index contributed by atoms with van der Waals surface area (Å²) < 4.78 is 21.2. The molecule has 0 spiro atoms. The smallest absolute Gasteiger partial charge is 0.262 e. The van der Waals surface area contributed by atoms with Gasteiger partial charge < -0.3 is 10.2 Å². The van der Waals surface area contributed by atoms with Crippen LogP contribution in [-0.4, -0.2) is 31.4 Å². The van der Waals surface area contributed by atoms with Gasteiger partial charge in [0.2, 0.25) is 17.7 Å². The first kappa shape index (κ1) is 23.2. The molecule has 35 heavy (non-hydrogen) atoms. The molecule has 1 aliphatic carbocycles. The minimum atomic E-state index is -0.384. The van der Waals surface area contributed by atoms with Crippen molar-refractivity contribution in [2.24, 2.45) is 5.73 Å². The lowest BCUT2D eigenvalue weighted by Crippen LogP contribution is -2.30. The number of hydrogen-bond acceptors (Lipinski definition) is 7. The molecular weight excluding hydrogens is 469 g/mol. The zero-order valence-corrected chi connectivity index (χ0v) is 19.7. The van der Waals surface area contributed by atoms with Crippen molar-refractivity contribution >= 4 is 28.6 Å². The minimum Gasteiger partial charge on any atom is -0.420 e. The molecule has 0 atom stereocenters. The summed E-state index contributed by atoms with van der Waals surface area (Å²) in [6.45, 7) is 0. The topological polar surface area (TPSA) is 117 Å². The molecule has 1 aliphatic rings. The summed E-state index contributed by atoms with van der Waals surface area (Å²) in [6, 6.07) is 13.3. The monoisotopic (exact) mass is 493 g/mol. The first-order chi connectivity index (χ1) is 17.0. The maximum atomic E-state index is 13.6. The largest absolute Gasteiger partial charge is 0.420 e. The SMILES string of the molecule is NC(=O)CCSc1nc2ccccc2c(=O)n1C1CCC(c2nnc(-c3cccc(F)c3)o2)CC1. The predicted octanol–water partition coefficient (Wildman–Crippen LogP) is 4.45. The van der Waals surface area contributed by atoms with E-state index in [1.165, 1.54) is 23.9 Å². The standard InChI is InChI=1S/C25H24FN5O3S/c26-17-5-3-4-16(14-17)23-30-29-22(34-23)15-8-10-18(11-9-15)31-24(33)19-6-1-2-7-20(19)28-25(31)35-13-12-21(27)32/h1-7,14-15,18H,8-13H2,(H2,27,32). The molecule has 10 heteroatoms. The Morgan fingerprint density at radius 2 is 1.91 bits per heavy atom. The van der Waals surface area contributed by atoms with Gasteiger partial charge in [-0.1, -0.05) is 30.0 Å². The van der Waals surface area contributed by atoms with E-state index >= 15 is 0 Å². The molecule has 0 radical (unpaired) electrons. The lowest BCUT2D eigenvalue weighted by molar-refractivity contribution is -0.117. The van der Waals surface area contributed by atoms with Crippen molar-refractivity contribution in [3.05, 3.63) is 70.6 Å². The summed E-state index contributed by atoms with van der Waals surface area (Å²) in [7, 11) is 0. The van der Waals surface area contributed by atoms with Crippen LogP contribution in [0.4, 0.5) is 4.39 Å². The zero-order valence-electron chi connectivity index (χ0n) is 18.9. The second-order valence-electron chi connectivity index (χ2n) is 8.61. The van der Waals surface area contributed by atoms with Crippen LogP contribution < -0.4 is 11.3 Å². The molecule has 2 N–H and O–H groups in total. The number of primary amides is 1. The van der Waals surface area contributed by atoms with Crippen molar-refractivity contribution in [3.63, 3.8) is 0 Å². The fourth-order valence-electron chi connectivity index (χ4n) is 4.51. The second kappa shape index (κ2) is 9.99. The van der Waals surface area contributed by atoms with Crippen molar-refractivity contribution in [2.45, 2.75) is 49.2 Å². The van der Waals surface area contributed by atoms with E-state index in [0.717, 1.165) is 25.7 Å². The molecule has 1 amide bonds. The highest BCUT2D eigenvalue weighted by atomic mass is 32.2. The van der Waals surface area contributed by atoms with Crippen molar-refractivity contribution in [2.75, 3.05) is 5.75 Å². The van der Waals surface area contributed by atoms with Crippen molar-refractivity contribution < 1.29 is 13.6 Å². The van der Waals surface area contributed by atoms with Gasteiger partial charge in [0.15, 0.2) is 5.16 Å². The van der Waals surface area contributed by atoms with Crippen LogP contribution in [-0.2, 0) is 4.79 Å². The highest BCUT2D eigenvalue weighted by Crippen LogP contribution is 2.39. The molecule has 0 saturated heterocycles. The Labute approximate surface area is 204 Å². The molecule has 8 nitrogen and oxygen atoms in total. The van der Waals surface area contributed by atoms with Gasteiger partial charge in [-0.05, 0) is 56.0 Å². The molecule has 4 aromatic rings. The molecule has 1 saturated carbocycles. The second-order valence-corrected chi connectivity index (χ2v) is 9.67. The van der Waals surface area contributed by atoms with Crippen LogP contribution in [0.1, 0.15) is 50.0 Å². The molecule has 0 bridgehead atoms. The van der Waals surface area contributed by atoms with Gasteiger partial charge >= 0.3 is 0 Å². The van der Waals surface area contributed by atoms with Crippen LogP contribution in [0.2, 0.25) is 0 Å². The van der Waals surface area contributed by atoms with Crippen molar-refractivity contribution in [1.82, 2.24) is 19.7 Å². The number of nitrogens with two attached hydrogens (primary N) is 1. The average Bonchev–Trinajstić information content (AvgIpc) is 3.35. The Kier molecular flexibility index (Phi) is 6.63. The van der Waals surface area contributed by atoms with Gasteiger partial charge in [0.25, 0.3) is 5.56 Å². The summed E-state index contributed by atoms with van der Waals surface area (Å²) >= 11 is 1.38. The number of rotatable bonds is 7. The van der Waals surface area contributed by atoms with E-state index in [1.54, 1.807) is 22.8 Å². The van der Waals surface area contributed by atoms with Crippen LogP contribution >= 0.6 is 11.8 Å². The predicted molar refractivity (Wildman–Crippen MR) is 130 cm³/mol. The maximum absolute atomic E-state index is 13.6. The van der Waals surface area contributed by atoms with E-state index in [0.29, 0.717) is 39.2 Å². The maximum Gasteiger partial charge on any atom is 0.262 e. The summed E-state index contributed by atoms with van der Waals surface area (Å²) in [6.07, 6.45) is 3.22. The Morgan fingerprint density at radius 1 is 1.11 bits per heavy atom. The van der Waals surface area contributed by atoms with Crippen molar-refractivity contribution in [1.29, 1.82) is 0 Å².